The van der Waals surface area contributed by atoms with Gasteiger partial charge in [0, 0.05) is 12.3 Å². The van der Waals surface area contributed by atoms with Crippen molar-refractivity contribution in [2.45, 2.75) is 24.7 Å². The number of rotatable bonds is 0. The first-order chi connectivity index (χ1) is 5.95. The van der Waals surface area contributed by atoms with Crippen LogP contribution < -0.4 is 0 Å². The van der Waals surface area contributed by atoms with E-state index < -0.39 is 0 Å². The van der Waals surface area contributed by atoms with Crippen LogP contribution in [0.2, 0.25) is 0 Å². The van der Waals surface area contributed by atoms with E-state index in [1.807, 2.05) is 0 Å². The minimum Gasteiger partial charge on any atom is -0.102 e. The summed E-state index contributed by atoms with van der Waals surface area (Å²) < 4.78 is 0. The van der Waals surface area contributed by atoms with E-state index in [1.165, 1.54) is 12.0 Å². The lowest BCUT2D eigenvalue weighted by atomic mass is 9.95. The predicted molar refractivity (Wildman–Crippen MR) is 48.9 cm³/mol. The topological polar surface area (TPSA) is 0 Å². The maximum absolute atomic E-state index is 3.32. The van der Waals surface area contributed by atoms with Crippen LogP contribution in [0.1, 0.15) is 35.8 Å². The Morgan fingerprint density at radius 2 is 2.00 bits per heavy atom. The molecule has 0 saturated heterocycles. The van der Waals surface area contributed by atoms with Crippen molar-refractivity contribution < 1.29 is 0 Å². The van der Waals surface area contributed by atoms with Crippen molar-refractivity contribution in [2.75, 3.05) is 0 Å². The van der Waals surface area contributed by atoms with Gasteiger partial charge in [-0.2, -0.15) is 0 Å². The number of hydrogen-bond acceptors (Lipinski definition) is 0. The highest BCUT2D eigenvalue weighted by molar-refractivity contribution is 5.45. The predicted octanol–water partition coefficient (Wildman–Crippen LogP) is 2.66. The summed E-state index contributed by atoms with van der Waals surface area (Å²) >= 11 is 0. The molecule has 0 amide bonds. The van der Waals surface area contributed by atoms with Crippen molar-refractivity contribution >= 4 is 0 Å². The molecule has 2 bridgehead atoms. The maximum Gasteiger partial charge on any atom is 0.0461 e. The minimum absolute atomic E-state index is 0.556. The van der Waals surface area contributed by atoms with Gasteiger partial charge in [-0.1, -0.05) is 30.2 Å². The molecule has 0 unspecified atom stereocenters. The molecule has 0 heteroatoms. The van der Waals surface area contributed by atoms with Gasteiger partial charge in [-0.15, -0.1) is 5.92 Å². The van der Waals surface area contributed by atoms with Gasteiger partial charge in [0.25, 0.3) is 0 Å². The van der Waals surface area contributed by atoms with Crippen LogP contribution in [-0.4, -0.2) is 0 Å². The molecule has 0 radical (unpaired) electrons. The maximum atomic E-state index is 3.32. The molecule has 58 valence electrons. The summed E-state index contributed by atoms with van der Waals surface area (Å²) in [7, 11) is 0. The summed E-state index contributed by atoms with van der Waals surface area (Å²) in [4.78, 5) is 0. The van der Waals surface area contributed by atoms with Gasteiger partial charge < -0.3 is 0 Å². The molecule has 0 fully saturated rings. The van der Waals surface area contributed by atoms with Crippen molar-refractivity contribution in [3.05, 3.63) is 35.4 Å². The number of fused-ring (bicyclic) bond motifs is 5. The van der Waals surface area contributed by atoms with Crippen LogP contribution in [0.4, 0.5) is 0 Å². The quantitative estimate of drug-likeness (QED) is 0.504. The Labute approximate surface area is 72.6 Å². The lowest BCUT2D eigenvalue weighted by molar-refractivity contribution is 0.654. The number of benzene rings is 1. The van der Waals surface area contributed by atoms with E-state index in [9.17, 15) is 0 Å². The van der Waals surface area contributed by atoms with Crippen LogP contribution in [0, 0.1) is 11.8 Å². The monoisotopic (exact) mass is 154 g/mol. The van der Waals surface area contributed by atoms with E-state index in [-0.39, 0.29) is 0 Å². The van der Waals surface area contributed by atoms with Crippen LogP contribution in [0.5, 0.6) is 0 Å². The van der Waals surface area contributed by atoms with Crippen molar-refractivity contribution in [1.82, 2.24) is 0 Å². The lowest BCUT2D eigenvalue weighted by Gasteiger charge is -2.08. The SMILES string of the molecule is C1#C[C@H]2C[C@@H](C1)c1ccccc12. The van der Waals surface area contributed by atoms with Crippen molar-refractivity contribution in [3.63, 3.8) is 0 Å². The molecule has 1 aromatic carbocycles. The summed E-state index contributed by atoms with van der Waals surface area (Å²) in [6.07, 6.45) is 2.35. The van der Waals surface area contributed by atoms with Crippen molar-refractivity contribution in [2.24, 2.45) is 0 Å². The summed E-state index contributed by atoms with van der Waals surface area (Å²) in [6, 6.07) is 8.76. The first kappa shape index (κ1) is 6.31. The first-order valence-corrected chi connectivity index (χ1v) is 4.52. The summed E-state index contributed by atoms with van der Waals surface area (Å²) in [5.74, 6) is 7.86. The van der Waals surface area contributed by atoms with Gasteiger partial charge in [0.1, 0.15) is 0 Å². The van der Waals surface area contributed by atoms with Crippen LogP contribution in [-0.2, 0) is 0 Å². The first-order valence-electron chi connectivity index (χ1n) is 4.52. The Bertz CT molecular complexity index is 379. The van der Waals surface area contributed by atoms with E-state index in [1.54, 1.807) is 5.56 Å². The third-order valence-electron chi connectivity index (χ3n) is 2.96. The highest BCUT2D eigenvalue weighted by atomic mass is 14.3. The molecule has 0 heterocycles. The average molecular weight is 154 g/mol. The molecule has 0 N–H and O–H groups in total. The van der Waals surface area contributed by atoms with Gasteiger partial charge in [0.2, 0.25) is 0 Å². The van der Waals surface area contributed by atoms with Gasteiger partial charge in [0.15, 0.2) is 0 Å². The average Bonchev–Trinajstić information content (AvgIpc) is 2.41. The third kappa shape index (κ3) is 0.689. The van der Waals surface area contributed by atoms with E-state index in [4.69, 9.17) is 0 Å². The smallest absolute Gasteiger partial charge is 0.0461 e. The second-order valence-electron chi connectivity index (χ2n) is 3.64. The zero-order valence-corrected chi connectivity index (χ0v) is 6.88. The Morgan fingerprint density at radius 3 is 2.92 bits per heavy atom. The molecule has 0 aliphatic heterocycles. The van der Waals surface area contributed by atoms with E-state index in [2.05, 4.69) is 36.1 Å². The zero-order valence-electron chi connectivity index (χ0n) is 6.88. The van der Waals surface area contributed by atoms with Gasteiger partial charge in [-0.3, -0.25) is 0 Å². The summed E-state index contributed by atoms with van der Waals surface area (Å²) in [6.45, 7) is 0. The molecule has 2 atom stereocenters. The molecule has 12 heavy (non-hydrogen) atoms. The second kappa shape index (κ2) is 2.14. The van der Waals surface area contributed by atoms with Gasteiger partial charge in [0.05, 0.1) is 0 Å². The zero-order chi connectivity index (χ0) is 7.97. The highest BCUT2D eigenvalue weighted by Crippen LogP contribution is 2.44. The fraction of sp³-hybridized carbons (Fsp3) is 0.333. The Kier molecular flexibility index (Phi) is 1.12. The molecular formula is C12H10. The molecule has 0 aromatic heterocycles. The molecule has 2 aliphatic carbocycles. The van der Waals surface area contributed by atoms with Gasteiger partial charge >= 0.3 is 0 Å². The van der Waals surface area contributed by atoms with Gasteiger partial charge in [-0.05, 0) is 23.5 Å². The summed E-state index contributed by atoms with van der Waals surface area (Å²) in [5.41, 5.74) is 3.03. The van der Waals surface area contributed by atoms with Crippen molar-refractivity contribution in [1.29, 1.82) is 0 Å². The second-order valence-corrected chi connectivity index (χ2v) is 3.64. The molecule has 2 aliphatic rings. The van der Waals surface area contributed by atoms with Gasteiger partial charge in [-0.25, -0.2) is 0 Å². The molecular weight excluding hydrogens is 144 g/mol. The summed E-state index contributed by atoms with van der Waals surface area (Å²) in [5, 5.41) is 0. The minimum atomic E-state index is 0.556. The van der Waals surface area contributed by atoms with Crippen LogP contribution >= 0.6 is 0 Å². The van der Waals surface area contributed by atoms with Crippen LogP contribution in [0.15, 0.2) is 24.3 Å². The standard InChI is InChI=1S/C12H10/c1-2-7-12-10-5-3-4-9(8-10)11(12)6-1/h1-2,6-7,9-10H,4,8H2/t9-,10+/m1/s1. The highest BCUT2D eigenvalue weighted by Gasteiger charge is 2.30. The fourth-order valence-electron chi connectivity index (χ4n) is 2.37. The van der Waals surface area contributed by atoms with E-state index in [0.29, 0.717) is 5.92 Å². The molecule has 1 aromatic rings. The van der Waals surface area contributed by atoms with E-state index >= 15 is 0 Å². The lowest BCUT2D eigenvalue weighted by Crippen LogP contribution is -1.95. The fourth-order valence-corrected chi connectivity index (χ4v) is 2.37. The Hall–Kier alpha value is -1.22. The molecule has 3 rings (SSSR count). The molecule has 0 nitrogen and oxygen atoms in total. The molecule has 0 spiro atoms. The largest absolute Gasteiger partial charge is 0.102 e. The molecule has 0 saturated carbocycles. The van der Waals surface area contributed by atoms with Crippen LogP contribution in [0.25, 0.3) is 0 Å². The normalized spacial score (nSPS) is 29.0. The Balaban J connectivity index is 2.24. The Morgan fingerprint density at radius 1 is 1.17 bits per heavy atom. The third-order valence-corrected chi connectivity index (χ3v) is 2.96. The van der Waals surface area contributed by atoms with Crippen LogP contribution in [0.3, 0.4) is 0 Å². The number of hydrogen-bond donors (Lipinski definition) is 0. The van der Waals surface area contributed by atoms with Crippen molar-refractivity contribution in [3.8, 4) is 11.8 Å². The van der Waals surface area contributed by atoms with E-state index in [0.717, 1.165) is 12.3 Å².